The van der Waals surface area contributed by atoms with E-state index in [9.17, 15) is 24.3 Å². The standard InChI is InChI=1S/C18H22N2O7/c1-10(21)26-13-5-3-12(4-6-13)7-15(19)17(23)20-9-14(27-11(2)22)8-16(20)18(24)25/h3-6,14-16H,7-9,19H2,1-2H3,(H,24,25). The second kappa shape index (κ2) is 8.63. The molecule has 27 heavy (non-hydrogen) atoms. The van der Waals surface area contributed by atoms with E-state index in [1.165, 1.54) is 13.8 Å². The zero-order valence-corrected chi connectivity index (χ0v) is 15.1. The number of hydrogen-bond acceptors (Lipinski definition) is 7. The lowest BCUT2D eigenvalue weighted by Gasteiger charge is -2.24. The van der Waals surface area contributed by atoms with Crippen molar-refractivity contribution in [1.29, 1.82) is 0 Å². The molecule has 3 N–H and O–H groups in total. The van der Waals surface area contributed by atoms with Crippen molar-refractivity contribution < 1.29 is 33.8 Å². The lowest BCUT2D eigenvalue weighted by atomic mass is 10.0. The summed E-state index contributed by atoms with van der Waals surface area (Å²) >= 11 is 0. The number of aliphatic carboxylic acids is 1. The van der Waals surface area contributed by atoms with Crippen LogP contribution in [0.25, 0.3) is 0 Å². The van der Waals surface area contributed by atoms with E-state index in [4.69, 9.17) is 15.2 Å². The third-order valence-electron chi connectivity index (χ3n) is 4.12. The minimum atomic E-state index is -1.17. The molecule has 1 heterocycles. The Morgan fingerprint density at radius 3 is 2.33 bits per heavy atom. The topological polar surface area (TPSA) is 136 Å². The molecule has 2 rings (SSSR count). The van der Waals surface area contributed by atoms with Gasteiger partial charge in [-0.1, -0.05) is 12.1 Å². The largest absolute Gasteiger partial charge is 0.480 e. The molecule has 1 amide bonds. The summed E-state index contributed by atoms with van der Waals surface area (Å²) in [4.78, 5) is 47.2. The van der Waals surface area contributed by atoms with Gasteiger partial charge in [0, 0.05) is 20.3 Å². The number of ether oxygens (including phenoxy) is 2. The van der Waals surface area contributed by atoms with Crippen LogP contribution in [0.2, 0.25) is 0 Å². The molecule has 0 spiro atoms. The molecule has 9 nitrogen and oxygen atoms in total. The summed E-state index contributed by atoms with van der Waals surface area (Å²) in [5.41, 5.74) is 6.71. The van der Waals surface area contributed by atoms with Gasteiger partial charge in [0.2, 0.25) is 5.91 Å². The Balaban J connectivity index is 2.03. The number of likely N-dealkylation sites (tertiary alicyclic amines) is 1. The summed E-state index contributed by atoms with van der Waals surface area (Å²) in [6, 6.07) is 4.47. The van der Waals surface area contributed by atoms with Crippen LogP contribution in [0.1, 0.15) is 25.8 Å². The molecule has 0 aliphatic carbocycles. The van der Waals surface area contributed by atoms with E-state index in [0.29, 0.717) is 5.75 Å². The fraction of sp³-hybridized carbons (Fsp3) is 0.444. The summed E-state index contributed by atoms with van der Waals surface area (Å²) in [6.07, 6.45) is -0.451. The summed E-state index contributed by atoms with van der Waals surface area (Å²) in [5.74, 6) is -2.29. The molecule has 0 aromatic heterocycles. The molecule has 0 radical (unpaired) electrons. The summed E-state index contributed by atoms with van der Waals surface area (Å²) in [6.45, 7) is 2.51. The van der Waals surface area contributed by atoms with Gasteiger partial charge >= 0.3 is 17.9 Å². The average molecular weight is 378 g/mol. The van der Waals surface area contributed by atoms with E-state index in [2.05, 4.69) is 0 Å². The predicted octanol–water partition coefficient (Wildman–Crippen LogP) is 0.0989. The van der Waals surface area contributed by atoms with E-state index < -0.39 is 42.0 Å². The summed E-state index contributed by atoms with van der Waals surface area (Å²) < 4.78 is 9.97. The molecule has 0 saturated carbocycles. The Hall–Kier alpha value is -2.94. The first-order valence-electron chi connectivity index (χ1n) is 8.40. The quantitative estimate of drug-likeness (QED) is 0.525. The Morgan fingerprint density at radius 2 is 1.81 bits per heavy atom. The van der Waals surface area contributed by atoms with Crippen LogP contribution in [0, 0.1) is 0 Å². The second-order valence-corrected chi connectivity index (χ2v) is 6.36. The zero-order chi connectivity index (χ0) is 20.1. The first-order valence-corrected chi connectivity index (χ1v) is 8.40. The Bertz CT molecular complexity index is 732. The normalized spacial score (nSPS) is 20.0. The SMILES string of the molecule is CC(=O)Oc1ccc(CC(N)C(=O)N2CC(OC(C)=O)CC2C(=O)O)cc1. The van der Waals surface area contributed by atoms with E-state index >= 15 is 0 Å². The molecule has 0 bridgehead atoms. The van der Waals surface area contributed by atoms with Crippen LogP contribution in [-0.4, -0.2) is 58.6 Å². The number of rotatable bonds is 6. The molecule has 146 valence electrons. The highest BCUT2D eigenvalue weighted by atomic mass is 16.5. The van der Waals surface area contributed by atoms with Gasteiger partial charge in [-0.2, -0.15) is 0 Å². The van der Waals surface area contributed by atoms with Crippen molar-refractivity contribution in [3.63, 3.8) is 0 Å². The van der Waals surface area contributed by atoms with E-state index in [1.807, 2.05) is 0 Å². The lowest BCUT2D eigenvalue weighted by molar-refractivity contribution is -0.148. The van der Waals surface area contributed by atoms with E-state index in [1.54, 1.807) is 24.3 Å². The number of nitrogens with two attached hydrogens (primary N) is 1. The highest BCUT2D eigenvalue weighted by molar-refractivity contribution is 5.88. The number of carbonyl (C=O) groups is 4. The summed E-state index contributed by atoms with van der Waals surface area (Å²) in [7, 11) is 0. The zero-order valence-electron chi connectivity index (χ0n) is 15.1. The Labute approximate surface area is 156 Å². The maximum atomic E-state index is 12.6. The maximum absolute atomic E-state index is 12.6. The number of carboxylic acids is 1. The molecule has 1 fully saturated rings. The van der Waals surface area contributed by atoms with Crippen LogP contribution in [-0.2, 0) is 30.3 Å². The number of hydrogen-bond donors (Lipinski definition) is 2. The third-order valence-corrected chi connectivity index (χ3v) is 4.12. The van der Waals surface area contributed by atoms with Crippen LogP contribution in [0.5, 0.6) is 5.75 Å². The van der Waals surface area contributed by atoms with Crippen molar-refractivity contribution in [2.24, 2.45) is 5.73 Å². The van der Waals surface area contributed by atoms with E-state index in [-0.39, 0.29) is 19.4 Å². The third kappa shape index (κ3) is 5.52. The van der Waals surface area contributed by atoms with Crippen molar-refractivity contribution in [2.75, 3.05) is 6.54 Å². The first-order chi connectivity index (χ1) is 12.7. The van der Waals surface area contributed by atoms with Crippen LogP contribution < -0.4 is 10.5 Å². The number of nitrogens with zero attached hydrogens (tertiary/aromatic N) is 1. The van der Waals surface area contributed by atoms with Crippen molar-refractivity contribution >= 4 is 23.8 Å². The highest BCUT2D eigenvalue weighted by Gasteiger charge is 2.42. The maximum Gasteiger partial charge on any atom is 0.326 e. The molecule has 1 saturated heterocycles. The number of carbonyl (C=O) groups excluding carboxylic acids is 3. The molecule has 3 atom stereocenters. The van der Waals surface area contributed by atoms with Gasteiger partial charge in [0.1, 0.15) is 17.9 Å². The fourth-order valence-corrected chi connectivity index (χ4v) is 3.01. The van der Waals surface area contributed by atoms with Gasteiger partial charge in [-0.15, -0.1) is 0 Å². The van der Waals surface area contributed by atoms with Crippen LogP contribution in [0.3, 0.4) is 0 Å². The Kier molecular flexibility index (Phi) is 6.51. The molecular weight excluding hydrogens is 356 g/mol. The van der Waals surface area contributed by atoms with Gasteiger partial charge in [0.15, 0.2) is 0 Å². The van der Waals surface area contributed by atoms with Crippen molar-refractivity contribution in [1.82, 2.24) is 4.90 Å². The van der Waals surface area contributed by atoms with Crippen molar-refractivity contribution in [3.8, 4) is 5.75 Å². The van der Waals surface area contributed by atoms with Gasteiger partial charge in [0.05, 0.1) is 12.6 Å². The molecule has 1 aliphatic rings. The van der Waals surface area contributed by atoms with Crippen molar-refractivity contribution in [3.05, 3.63) is 29.8 Å². The average Bonchev–Trinajstić information content (AvgIpc) is 2.98. The van der Waals surface area contributed by atoms with E-state index in [0.717, 1.165) is 10.5 Å². The molecule has 1 aromatic carbocycles. The van der Waals surface area contributed by atoms with Crippen LogP contribution >= 0.6 is 0 Å². The molecule has 3 unspecified atom stereocenters. The van der Waals surface area contributed by atoms with Crippen molar-refractivity contribution in [2.45, 2.75) is 44.9 Å². The Morgan fingerprint density at radius 1 is 1.19 bits per heavy atom. The van der Waals surface area contributed by atoms with Crippen LogP contribution in [0.4, 0.5) is 0 Å². The molecule has 1 aromatic rings. The fourth-order valence-electron chi connectivity index (χ4n) is 3.01. The minimum Gasteiger partial charge on any atom is -0.480 e. The first kappa shape index (κ1) is 20.4. The molecular formula is C18H22N2O7. The highest BCUT2D eigenvalue weighted by Crippen LogP contribution is 2.22. The van der Waals surface area contributed by atoms with Gasteiger partial charge < -0.3 is 25.2 Å². The molecule has 9 heteroatoms. The number of esters is 2. The second-order valence-electron chi connectivity index (χ2n) is 6.36. The number of benzene rings is 1. The number of amides is 1. The van der Waals surface area contributed by atoms with Gasteiger partial charge in [0.25, 0.3) is 0 Å². The minimum absolute atomic E-state index is 0.00549. The van der Waals surface area contributed by atoms with Gasteiger partial charge in [-0.05, 0) is 24.1 Å². The lowest BCUT2D eigenvalue weighted by Crippen LogP contribution is -2.49. The van der Waals surface area contributed by atoms with Gasteiger partial charge in [-0.3, -0.25) is 14.4 Å². The van der Waals surface area contributed by atoms with Gasteiger partial charge in [-0.25, -0.2) is 4.79 Å². The van der Waals surface area contributed by atoms with Crippen LogP contribution in [0.15, 0.2) is 24.3 Å². The number of carboxylic acid groups (broad SMARTS) is 1. The molecule has 1 aliphatic heterocycles. The monoisotopic (exact) mass is 378 g/mol. The smallest absolute Gasteiger partial charge is 0.326 e. The predicted molar refractivity (Wildman–Crippen MR) is 92.7 cm³/mol. The summed E-state index contributed by atoms with van der Waals surface area (Å²) in [5, 5.41) is 9.34.